The number of nitrogens with zero attached hydrogens (tertiary/aromatic N) is 1. The van der Waals surface area contributed by atoms with Gasteiger partial charge in [-0.25, -0.2) is 0 Å². The first-order chi connectivity index (χ1) is 10.3. The van der Waals surface area contributed by atoms with Crippen molar-refractivity contribution < 1.29 is 9.84 Å². The average Bonchev–Trinajstić information content (AvgIpc) is 3.12. The van der Waals surface area contributed by atoms with E-state index < -0.39 is 0 Å². The Bertz CT molecular complexity index is 525. The van der Waals surface area contributed by atoms with Crippen LogP contribution in [0.2, 0.25) is 0 Å². The maximum absolute atomic E-state index is 8.71. The number of nitrogens with one attached hydrogen (secondary N) is 1. The fourth-order valence-corrected chi connectivity index (χ4v) is 2.82. The lowest BCUT2D eigenvalue weighted by molar-refractivity contribution is 0.267. The second-order valence-electron chi connectivity index (χ2n) is 5.90. The largest absolute Gasteiger partial charge is 0.490 e. The van der Waals surface area contributed by atoms with Crippen LogP contribution in [0.4, 0.5) is 0 Å². The third-order valence-electron chi connectivity index (χ3n) is 4.07. The maximum atomic E-state index is 8.71. The maximum Gasteiger partial charge on any atom is 0.138 e. The zero-order chi connectivity index (χ0) is 14.5. The van der Waals surface area contributed by atoms with E-state index in [0.717, 1.165) is 42.5 Å². The minimum Gasteiger partial charge on any atom is -0.490 e. The van der Waals surface area contributed by atoms with Crippen molar-refractivity contribution in [2.45, 2.75) is 44.2 Å². The van der Waals surface area contributed by atoms with E-state index >= 15 is 0 Å². The third kappa shape index (κ3) is 4.20. The summed E-state index contributed by atoms with van der Waals surface area (Å²) in [7, 11) is 0. The zero-order valence-corrected chi connectivity index (χ0v) is 12.2. The van der Waals surface area contributed by atoms with Crippen LogP contribution in [0.1, 0.15) is 37.7 Å². The molecule has 2 N–H and O–H groups in total. The summed E-state index contributed by atoms with van der Waals surface area (Å²) in [6, 6.07) is 3.19. The van der Waals surface area contributed by atoms with Gasteiger partial charge < -0.3 is 15.2 Å². The highest BCUT2D eigenvalue weighted by atomic mass is 16.5. The van der Waals surface area contributed by atoms with Gasteiger partial charge in [-0.2, -0.15) is 0 Å². The van der Waals surface area contributed by atoms with Gasteiger partial charge in [0.25, 0.3) is 0 Å². The molecule has 1 aliphatic heterocycles. The average molecular weight is 286 g/mol. The number of aliphatic hydroxyl groups excluding tert-OH is 1. The number of ether oxygens (including phenoxy) is 1. The van der Waals surface area contributed by atoms with Crippen LogP contribution in [0, 0.1) is 17.8 Å². The minimum atomic E-state index is 0.240. The molecule has 1 aromatic rings. The highest BCUT2D eigenvalue weighted by Crippen LogP contribution is 2.40. The number of aromatic nitrogens is 1. The van der Waals surface area contributed by atoms with Crippen molar-refractivity contribution in [3.8, 4) is 17.6 Å². The molecular weight excluding hydrogens is 264 g/mol. The molecule has 0 spiro atoms. The smallest absolute Gasteiger partial charge is 0.138 e. The summed E-state index contributed by atoms with van der Waals surface area (Å²) in [6.07, 6.45) is 8.64. The molecule has 1 saturated carbocycles. The first-order valence-corrected chi connectivity index (χ1v) is 7.79. The number of rotatable bonds is 6. The van der Waals surface area contributed by atoms with Gasteiger partial charge in [-0.05, 0) is 37.7 Å². The summed E-state index contributed by atoms with van der Waals surface area (Å²) in [6.45, 7) is 0.950. The molecule has 0 unspecified atom stereocenters. The van der Waals surface area contributed by atoms with E-state index in [2.05, 4.69) is 22.1 Å². The van der Waals surface area contributed by atoms with Crippen LogP contribution in [-0.4, -0.2) is 35.4 Å². The molecule has 2 fully saturated rings. The van der Waals surface area contributed by atoms with Crippen LogP contribution in [-0.2, 0) is 0 Å². The van der Waals surface area contributed by atoms with Crippen LogP contribution >= 0.6 is 0 Å². The van der Waals surface area contributed by atoms with Gasteiger partial charge in [-0.3, -0.25) is 4.98 Å². The van der Waals surface area contributed by atoms with Crippen molar-refractivity contribution in [1.82, 2.24) is 10.3 Å². The molecule has 1 aliphatic carbocycles. The molecule has 112 valence electrons. The van der Waals surface area contributed by atoms with E-state index in [-0.39, 0.29) is 6.61 Å². The molecule has 0 aromatic carbocycles. The van der Waals surface area contributed by atoms with Gasteiger partial charge in [-0.1, -0.05) is 11.8 Å². The van der Waals surface area contributed by atoms with Gasteiger partial charge in [0, 0.05) is 36.9 Å². The van der Waals surface area contributed by atoms with Crippen LogP contribution in [0.25, 0.3) is 0 Å². The van der Waals surface area contributed by atoms with Crippen molar-refractivity contribution in [3.63, 3.8) is 0 Å². The second kappa shape index (κ2) is 6.93. The Balaban J connectivity index is 1.46. The molecule has 4 nitrogen and oxygen atoms in total. The van der Waals surface area contributed by atoms with E-state index in [1.54, 1.807) is 12.4 Å². The fourth-order valence-electron chi connectivity index (χ4n) is 2.82. The van der Waals surface area contributed by atoms with Crippen LogP contribution in [0.3, 0.4) is 0 Å². The van der Waals surface area contributed by atoms with Crippen molar-refractivity contribution in [2.75, 3.05) is 13.2 Å². The molecule has 0 radical (unpaired) electrons. The Morgan fingerprint density at radius 1 is 1.33 bits per heavy atom. The van der Waals surface area contributed by atoms with Gasteiger partial charge in [0.1, 0.15) is 12.4 Å². The van der Waals surface area contributed by atoms with E-state index in [1.807, 2.05) is 6.07 Å². The standard InChI is InChI=1S/C17H22N2O2/c20-6-4-2-1-3-5-13-7-16(11-18-10-13)21-12-15-8-14-9-17(14)19-15/h7,10-11,14-15,17,19-20H,1-2,4,6,8-9,12H2/t14-,15-,17+/m0/s1. The number of aliphatic hydroxyl groups is 1. The van der Waals surface area contributed by atoms with Gasteiger partial charge >= 0.3 is 0 Å². The monoisotopic (exact) mass is 286 g/mol. The first kappa shape index (κ1) is 14.4. The minimum absolute atomic E-state index is 0.240. The van der Waals surface area contributed by atoms with E-state index in [9.17, 15) is 0 Å². The van der Waals surface area contributed by atoms with Crippen LogP contribution in [0.5, 0.6) is 5.75 Å². The Labute approximate surface area is 125 Å². The Morgan fingerprint density at radius 3 is 3.10 bits per heavy atom. The molecule has 2 aliphatic rings. The van der Waals surface area contributed by atoms with Crippen molar-refractivity contribution >= 4 is 0 Å². The van der Waals surface area contributed by atoms with Crippen LogP contribution < -0.4 is 10.1 Å². The quantitative estimate of drug-likeness (QED) is 0.617. The predicted octanol–water partition coefficient (Wildman–Crippen LogP) is 1.72. The highest BCUT2D eigenvalue weighted by molar-refractivity contribution is 5.36. The Kier molecular flexibility index (Phi) is 4.74. The topological polar surface area (TPSA) is 54.4 Å². The number of hydrogen-bond donors (Lipinski definition) is 2. The molecule has 4 heteroatoms. The normalized spacial score (nSPS) is 25.9. The summed E-state index contributed by atoms with van der Waals surface area (Å²) in [5.74, 6) is 7.89. The van der Waals surface area contributed by atoms with Gasteiger partial charge in [0.05, 0.1) is 6.20 Å². The lowest BCUT2D eigenvalue weighted by Crippen LogP contribution is -2.31. The summed E-state index contributed by atoms with van der Waals surface area (Å²) in [4.78, 5) is 4.18. The fraction of sp³-hybridized carbons (Fsp3) is 0.588. The third-order valence-corrected chi connectivity index (χ3v) is 4.07. The predicted molar refractivity (Wildman–Crippen MR) is 81.0 cm³/mol. The summed E-state index contributed by atoms with van der Waals surface area (Å²) in [5, 5.41) is 12.3. The Morgan fingerprint density at radius 2 is 2.29 bits per heavy atom. The molecule has 3 atom stereocenters. The number of hydrogen-bond acceptors (Lipinski definition) is 4. The second-order valence-corrected chi connectivity index (χ2v) is 5.90. The van der Waals surface area contributed by atoms with Gasteiger partial charge in [0.15, 0.2) is 0 Å². The summed E-state index contributed by atoms with van der Waals surface area (Å²) in [5.41, 5.74) is 0.888. The molecule has 21 heavy (non-hydrogen) atoms. The molecular formula is C17H22N2O2. The van der Waals surface area contributed by atoms with Gasteiger partial charge in [0.2, 0.25) is 0 Å². The van der Waals surface area contributed by atoms with Crippen molar-refractivity contribution in [2.24, 2.45) is 5.92 Å². The summed E-state index contributed by atoms with van der Waals surface area (Å²) < 4.78 is 5.82. The number of piperidine rings is 1. The lowest BCUT2D eigenvalue weighted by atomic mass is 10.2. The van der Waals surface area contributed by atoms with Crippen molar-refractivity contribution in [1.29, 1.82) is 0 Å². The van der Waals surface area contributed by atoms with E-state index in [4.69, 9.17) is 9.84 Å². The van der Waals surface area contributed by atoms with E-state index in [0.29, 0.717) is 12.6 Å². The highest BCUT2D eigenvalue weighted by Gasteiger charge is 2.45. The molecule has 3 rings (SSSR count). The SMILES string of the molecule is OCCCCC#Cc1cncc(OC[C@@H]2C[C@H]3C[C@H]3N2)c1. The number of unbranched alkanes of at least 4 members (excludes halogenated alkanes) is 2. The first-order valence-electron chi connectivity index (χ1n) is 7.79. The lowest BCUT2D eigenvalue weighted by Gasteiger charge is -2.14. The van der Waals surface area contributed by atoms with E-state index in [1.165, 1.54) is 12.8 Å². The summed E-state index contributed by atoms with van der Waals surface area (Å²) >= 11 is 0. The zero-order valence-electron chi connectivity index (χ0n) is 12.2. The molecule has 1 aromatic heterocycles. The Hall–Kier alpha value is -1.57. The molecule has 0 bridgehead atoms. The number of pyridine rings is 1. The molecule has 2 heterocycles. The van der Waals surface area contributed by atoms with Crippen molar-refractivity contribution in [3.05, 3.63) is 24.0 Å². The van der Waals surface area contributed by atoms with Gasteiger partial charge in [-0.15, -0.1) is 0 Å². The molecule has 0 amide bonds. The van der Waals surface area contributed by atoms with Crippen LogP contribution in [0.15, 0.2) is 18.5 Å². The molecule has 1 saturated heterocycles. The number of fused-ring (bicyclic) bond motifs is 1.